The fourth-order valence-corrected chi connectivity index (χ4v) is 2.75. The second-order valence-corrected chi connectivity index (χ2v) is 5.32. The van der Waals surface area contributed by atoms with Gasteiger partial charge in [-0.05, 0) is 47.3 Å². The Bertz CT molecular complexity index is 522. The maximum absolute atomic E-state index is 5.94. The highest BCUT2D eigenvalue weighted by Crippen LogP contribution is 2.32. The lowest BCUT2D eigenvalue weighted by Gasteiger charge is -2.07. The van der Waals surface area contributed by atoms with Crippen molar-refractivity contribution in [2.75, 3.05) is 0 Å². The number of nitrogens with zero attached hydrogens (tertiary/aromatic N) is 3. The summed E-state index contributed by atoms with van der Waals surface area (Å²) in [5, 5.41) is 8.47. The van der Waals surface area contributed by atoms with Crippen molar-refractivity contribution in [3.63, 3.8) is 0 Å². The molecule has 5 heteroatoms. The molecule has 1 aliphatic carbocycles. The molecule has 3 rings (SSSR count). The van der Waals surface area contributed by atoms with E-state index in [0.29, 0.717) is 12.0 Å². The molecule has 0 radical (unpaired) electrons. The number of rotatable bonds is 1. The molecule has 0 amide bonds. The SMILES string of the molecule is N[C@H]1CC[C@@H](c2nnc3ccc(Br)cn23)C1. The van der Waals surface area contributed by atoms with E-state index in [1.165, 1.54) is 0 Å². The van der Waals surface area contributed by atoms with E-state index in [1.807, 2.05) is 18.3 Å². The van der Waals surface area contributed by atoms with Gasteiger partial charge in [-0.25, -0.2) is 0 Å². The molecule has 0 aliphatic heterocycles. The van der Waals surface area contributed by atoms with Crippen molar-refractivity contribution in [3.05, 3.63) is 28.6 Å². The zero-order valence-electron chi connectivity index (χ0n) is 8.81. The summed E-state index contributed by atoms with van der Waals surface area (Å²) in [7, 11) is 0. The van der Waals surface area contributed by atoms with Gasteiger partial charge in [-0.3, -0.25) is 4.40 Å². The Hall–Kier alpha value is -0.940. The maximum atomic E-state index is 5.94. The summed E-state index contributed by atoms with van der Waals surface area (Å²) in [6, 6.07) is 4.27. The summed E-state index contributed by atoms with van der Waals surface area (Å²) in [5.74, 6) is 1.50. The molecule has 16 heavy (non-hydrogen) atoms. The first kappa shape index (κ1) is 10.2. The Balaban J connectivity index is 2.06. The van der Waals surface area contributed by atoms with Crippen LogP contribution in [-0.4, -0.2) is 20.6 Å². The van der Waals surface area contributed by atoms with Crippen molar-refractivity contribution in [1.29, 1.82) is 0 Å². The predicted molar refractivity (Wildman–Crippen MR) is 65.3 cm³/mol. The van der Waals surface area contributed by atoms with Gasteiger partial charge in [0.05, 0.1) is 0 Å². The van der Waals surface area contributed by atoms with Crippen molar-refractivity contribution < 1.29 is 0 Å². The minimum Gasteiger partial charge on any atom is -0.328 e. The standard InChI is InChI=1S/C11H13BrN4/c12-8-2-4-10-14-15-11(16(10)6-8)7-1-3-9(13)5-7/h2,4,6-7,9H,1,3,5,13H2/t7-,9+/m1/s1. The molecule has 84 valence electrons. The highest BCUT2D eigenvalue weighted by Gasteiger charge is 2.26. The molecule has 2 atom stereocenters. The molecule has 2 aromatic heterocycles. The fraction of sp³-hybridized carbons (Fsp3) is 0.455. The summed E-state index contributed by atoms with van der Waals surface area (Å²) in [6.45, 7) is 0. The summed E-state index contributed by atoms with van der Waals surface area (Å²) in [6.07, 6.45) is 5.25. The lowest BCUT2D eigenvalue weighted by molar-refractivity contribution is 0.636. The van der Waals surface area contributed by atoms with Gasteiger partial charge in [0.15, 0.2) is 5.65 Å². The van der Waals surface area contributed by atoms with Gasteiger partial charge < -0.3 is 5.73 Å². The molecule has 1 fully saturated rings. The summed E-state index contributed by atoms with van der Waals surface area (Å²) in [4.78, 5) is 0. The predicted octanol–water partition coefficient (Wildman–Crippen LogP) is 2.09. The molecule has 2 N–H and O–H groups in total. The van der Waals surface area contributed by atoms with Gasteiger partial charge >= 0.3 is 0 Å². The third-order valence-electron chi connectivity index (χ3n) is 3.23. The Morgan fingerprint density at radius 3 is 2.94 bits per heavy atom. The van der Waals surface area contributed by atoms with Crippen molar-refractivity contribution in [1.82, 2.24) is 14.6 Å². The first-order valence-corrected chi connectivity index (χ1v) is 6.29. The average Bonchev–Trinajstić information content (AvgIpc) is 2.83. The quantitative estimate of drug-likeness (QED) is 0.870. The lowest BCUT2D eigenvalue weighted by atomic mass is 10.1. The number of pyridine rings is 1. The molecular formula is C11H13BrN4. The zero-order chi connectivity index (χ0) is 11.1. The van der Waals surface area contributed by atoms with Crippen molar-refractivity contribution >= 4 is 21.6 Å². The summed E-state index contributed by atoms with van der Waals surface area (Å²) < 4.78 is 3.11. The first-order chi connectivity index (χ1) is 7.74. The highest BCUT2D eigenvalue weighted by atomic mass is 79.9. The normalized spacial score (nSPS) is 25.4. The monoisotopic (exact) mass is 280 g/mol. The number of hydrogen-bond donors (Lipinski definition) is 1. The average molecular weight is 281 g/mol. The number of aromatic nitrogens is 3. The lowest BCUT2D eigenvalue weighted by Crippen LogP contribution is -2.14. The molecule has 0 unspecified atom stereocenters. The zero-order valence-corrected chi connectivity index (χ0v) is 10.4. The van der Waals surface area contributed by atoms with Crippen LogP contribution in [0.25, 0.3) is 5.65 Å². The molecule has 2 heterocycles. The van der Waals surface area contributed by atoms with E-state index >= 15 is 0 Å². The van der Waals surface area contributed by atoms with E-state index < -0.39 is 0 Å². The number of fused-ring (bicyclic) bond motifs is 1. The highest BCUT2D eigenvalue weighted by molar-refractivity contribution is 9.10. The molecule has 4 nitrogen and oxygen atoms in total. The minimum atomic E-state index is 0.324. The third-order valence-corrected chi connectivity index (χ3v) is 3.70. The molecular weight excluding hydrogens is 268 g/mol. The van der Waals surface area contributed by atoms with Crippen molar-refractivity contribution in [2.24, 2.45) is 5.73 Å². The van der Waals surface area contributed by atoms with Gasteiger partial charge in [0.1, 0.15) is 5.82 Å². The van der Waals surface area contributed by atoms with Gasteiger partial charge in [-0.2, -0.15) is 0 Å². The van der Waals surface area contributed by atoms with Crippen LogP contribution in [0.3, 0.4) is 0 Å². The molecule has 1 aliphatic rings. The van der Waals surface area contributed by atoms with Crippen molar-refractivity contribution in [2.45, 2.75) is 31.2 Å². The molecule has 0 spiro atoms. The van der Waals surface area contributed by atoms with Crippen LogP contribution in [0.4, 0.5) is 0 Å². The molecule has 2 aromatic rings. The number of halogens is 1. The van der Waals surface area contributed by atoms with Gasteiger partial charge in [-0.15, -0.1) is 10.2 Å². The third kappa shape index (κ3) is 1.64. The Labute approximate surface area is 102 Å². The molecule has 0 saturated heterocycles. The molecule has 0 bridgehead atoms. The van der Waals surface area contributed by atoms with E-state index in [1.54, 1.807) is 0 Å². The second kappa shape index (κ2) is 3.82. The summed E-state index contributed by atoms with van der Waals surface area (Å²) >= 11 is 3.47. The Kier molecular flexibility index (Phi) is 2.44. The molecule has 0 aromatic carbocycles. The molecule has 1 saturated carbocycles. The van der Waals surface area contributed by atoms with E-state index in [9.17, 15) is 0 Å². The van der Waals surface area contributed by atoms with E-state index in [2.05, 4.69) is 30.5 Å². The smallest absolute Gasteiger partial charge is 0.160 e. The van der Waals surface area contributed by atoms with Crippen LogP contribution >= 0.6 is 15.9 Å². The van der Waals surface area contributed by atoms with E-state index in [0.717, 1.165) is 35.2 Å². The first-order valence-electron chi connectivity index (χ1n) is 5.50. The van der Waals surface area contributed by atoms with E-state index in [4.69, 9.17) is 5.73 Å². The van der Waals surface area contributed by atoms with Crippen LogP contribution in [0.5, 0.6) is 0 Å². The second-order valence-electron chi connectivity index (χ2n) is 4.40. The van der Waals surface area contributed by atoms with E-state index in [-0.39, 0.29) is 0 Å². The van der Waals surface area contributed by atoms with Crippen molar-refractivity contribution in [3.8, 4) is 0 Å². The van der Waals surface area contributed by atoms with Crippen LogP contribution < -0.4 is 5.73 Å². The van der Waals surface area contributed by atoms with Gasteiger partial charge in [0, 0.05) is 22.6 Å². The van der Waals surface area contributed by atoms with Crippen LogP contribution in [0.15, 0.2) is 22.8 Å². The maximum Gasteiger partial charge on any atom is 0.160 e. The van der Waals surface area contributed by atoms with Gasteiger partial charge in [0.25, 0.3) is 0 Å². The van der Waals surface area contributed by atoms with Gasteiger partial charge in [0.2, 0.25) is 0 Å². The van der Waals surface area contributed by atoms with Crippen LogP contribution in [0.1, 0.15) is 31.0 Å². The van der Waals surface area contributed by atoms with Crippen LogP contribution in [0.2, 0.25) is 0 Å². The number of nitrogens with two attached hydrogens (primary N) is 1. The minimum absolute atomic E-state index is 0.324. The Morgan fingerprint density at radius 1 is 1.31 bits per heavy atom. The van der Waals surface area contributed by atoms with Crippen LogP contribution in [-0.2, 0) is 0 Å². The topological polar surface area (TPSA) is 56.2 Å². The Morgan fingerprint density at radius 2 is 2.19 bits per heavy atom. The fourth-order valence-electron chi connectivity index (χ4n) is 2.41. The van der Waals surface area contributed by atoms with Gasteiger partial charge in [-0.1, -0.05) is 0 Å². The largest absolute Gasteiger partial charge is 0.328 e. The van der Waals surface area contributed by atoms with Crippen LogP contribution in [0, 0.1) is 0 Å². The number of hydrogen-bond acceptors (Lipinski definition) is 3. The summed E-state index contributed by atoms with van der Waals surface area (Å²) in [5.41, 5.74) is 6.84.